The van der Waals surface area contributed by atoms with Gasteiger partial charge in [-0.05, 0) is 30.2 Å². The van der Waals surface area contributed by atoms with E-state index < -0.39 is 0 Å². The zero-order valence-electron chi connectivity index (χ0n) is 16.0. The molecule has 6 heteroatoms. The van der Waals surface area contributed by atoms with Gasteiger partial charge in [0.15, 0.2) is 0 Å². The summed E-state index contributed by atoms with van der Waals surface area (Å²) < 4.78 is 14.1. The second-order valence-corrected chi connectivity index (χ2v) is 7.67. The van der Waals surface area contributed by atoms with Crippen LogP contribution in [0.25, 0.3) is 11.3 Å². The molecule has 1 spiro atoms. The van der Waals surface area contributed by atoms with Crippen molar-refractivity contribution in [3.63, 3.8) is 0 Å². The molecular weight excluding hydrogens is 352 g/mol. The average Bonchev–Trinajstić information content (AvgIpc) is 3.33. The second-order valence-electron chi connectivity index (χ2n) is 7.67. The van der Waals surface area contributed by atoms with Crippen molar-refractivity contribution in [1.29, 1.82) is 0 Å². The van der Waals surface area contributed by atoms with E-state index >= 15 is 0 Å². The first-order valence-corrected chi connectivity index (χ1v) is 9.69. The van der Waals surface area contributed by atoms with E-state index in [0.29, 0.717) is 6.61 Å². The number of benzene rings is 1. The fourth-order valence-corrected chi connectivity index (χ4v) is 4.33. The minimum Gasteiger partial charge on any atom is -0.497 e. The quantitative estimate of drug-likeness (QED) is 0.700. The van der Waals surface area contributed by atoms with Crippen molar-refractivity contribution in [2.75, 3.05) is 20.2 Å². The van der Waals surface area contributed by atoms with E-state index in [2.05, 4.69) is 37.6 Å². The predicted octanol–water partition coefficient (Wildman–Crippen LogP) is 3.13. The van der Waals surface area contributed by atoms with E-state index in [-0.39, 0.29) is 5.60 Å². The Morgan fingerprint density at radius 3 is 3.00 bits per heavy atom. The van der Waals surface area contributed by atoms with Crippen LogP contribution in [0.2, 0.25) is 0 Å². The topological polar surface area (TPSA) is 52.4 Å². The Bertz CT molecular complexity index is 972. The molecule has 2 aromatic heterocycles. The van der Waals surface area contributed by atoms with Crippen molar-refractivity contribution in [3.05, 3.63) is 66.4 Å². The van der Waals surface area contributed by atoms with Crippen molar-refractivity contribution in [1.82, 2.24) is 19.4 Å². The minimum absolute atomic E-state index is 0.149. The maximum atomic E-state index is 6.35. The van der Waals surface area contributed by atoms with E-state index in [0.717, 1.165) is 55.4 Å². The molecule has 0 radical (unpaired) electrons. The van der Waals surface area contributed by atoms with Gasteiger partial charge < -0.3 is 14.0 Å². The first-order valence-electron chi connectivity index (χ1n) is 9.69. The summed E-state index contributed by atoms with van der Waals surface area (Å²) >= 11 is 0. The van der Waals surface area contributed by atoms with Crippen LogP contribution in [0.4, 0.5) is 0 Å². The van der Waals surface area contributed by atoms with Crippen LogP contribution in [0.15, 0.2) is 55.0 Å². The number of methoxy groups -OCH3 is 1. The minimum atomic E-state index is -0.149. The Kier molecular flexibility index (Phi) is 4.37. The lowest BCUT2D eigenvalue weighted by Gasteiger charge is -2.35. The maximum Gasteiger partial charge on any atom is 0.135 e. The van der Waals surface area contributed by atoms with Crippen LogP contribution in [0.5, 0.6) is 5.75 Å². The number of imidazole rings is 1. The molecule has 144 valence electrons. The molecule has 4 heterocycles. The lowest BCUT2D eigenvalue weighted by molar-refractivity contribution is -0.0821. The van der Waals surface area contributed by atoms with Crippen LogP contribution in [-0.4, -0.2) is 45.2 Å². The van der Waals surface area contributed by atoms with Crippen molar-refractivity contribution in [3.8, 4) is 17.0 Å². The fourth-order valence-electron chi connectivity index (χ4n) is 4.33. The van der Waals surface area contributed by atoms with Gasteiger partial charge in [0.2, 0.25) is 0 Å². The molecule has 1 fully saturated rings. The van der Waals surface area contributed by atoms with E-state index in [1.807, 2.05) is 36.8 Å². The van der Waals surface area contributed by atoms with Crippen LogP contribution in [0, 0.1) is 0 Å². The summed E-state index contributed by atoms with van der Waals surface area (Å²) in [5.74, 6) is 1.85. The SMILES string of the molecule is COc1cccc(-c2cnc3n2CC2(CCN(Cc4cccnc4)C2)OC3)c1. The molecule has 1 unspecified atom stereocenters. The van der Waals surface area contributed by atoms with E-state index in [1.54, 1.807) is 7.11 Å². The normalized spacial score (nSPS) is 21.8. The monoisotopic (exact) mass is 376 g/mol. The van der Waals surface area contributed by atoms with Crippen molar-refractivity contribution >= 4 is 0 Å². The first-order chi connectivity index (χ1) is 13.7. The smallest absolute Gasteiger partial charge is 0.135 e. The highest BCUT2D eigenvalue weighted by atomic mass is 16.5. The van der Waals surface area contributed by atoms with E-state index in [4.69, 9.17) is 9.47 Å². The van der Waals surface area contributed by atoms with Gasteiger partial charge in [-0.25, -0.2) is 4.98 Å². The van der Waals surface area contributed by atoms with Crippen LogP contribution in [0.1, 0.15) is 17.8 Å². The zero-order valence-corrected chi connectivity index (χ0v) is 16.0. The Balaban J connectivity index is 1.37. The summed E-state index contributed by atoms with van der Waals surface area (Å²) in [5, 5.41) is 0. The number of fused-ring (bicyclic) bond motifs is 1. The molecular formula is C22H24N4O2. The molecule has 3 aromatic rings. The number of aromatic nitrogens is 3. The van der Waals surface area contributed by atoms with Gasteiger partial charge >= 0.3 is 0 Å². The van der Waals surface area contributed by atoms with Gasteiger partial charge in [-0.2, -0.15) is 0 Å². The van der Waals surface area contributed by atoms with Gasteiger partial charge in [0.05, 0.1) is 25.5 Å². The van der Waals surface area contributed by atoms with Crippen molar-refractivity contribution in [2.45, 2.75) is 31.7 Å². The number of nitrogens with zero attached hydrogens (tertiary/aromatic N) is 4. The Hall–Kier alpha value is -2.70. The number of hydrogen-bond donors (Lipinski definition) is 0. The molecule has 1 atom stereocenters. The van der Waals surface area contributed by atoms with E-state index in [1.165, 1.54) is 5.56 Å². The molecule has 0 saturated carbocycles. The number of likely N-dealkylation sites (tertiary alicyclic amines) is 1. The molecule has 2 aliphatic heterocycles. The molecule has 1 aromatic carbocycles. The summed E-state index contributed by atoms with van der Waals surface area (Å²) in [6.07, 6.45) is 6.75. The molecule has 5 rings (SSSR count). The summed E-state index contributed by atoms with van der Waals surface area (Å²) in [6.45, 7) is 4.27. The lowest BCUT2D eigenvalue weighted by atomic mass is 10.0. The largest absolute Gasteiger partial charge is 0.497 e. The molecule has 28 heavy (non-hydrogen) atoms. The molecule has 0 bridgehead atoms. The summed E-state index contributed by atoms with van der Waals surface area (Å²) in [6, 6.07) is 12.3. The lowest BCUT2D eigenvalue weighted by Crippen LogP contribution is -2.44. The highest BCUT2D eigenvalue weighted by molar-refractivity contribution is 5.61. The standard InChI is InChI=1S/C22H24N4O2/c1-27-19-6-2-5-18(10-19)20-12-24-21-14-28-22(16-26(20)21)7-9-25(15-22)13-17-4-3-8-23-11-17/h2-6,8,10-12H,7,9,13-16H2,1H3. The summed E-state index contributed by atoms with van der Waals surface area (Å²) in [7, 11) is 1.70. The second kappa shape index (κ2) is 7.04. The third kappa shape index (κ3) is 3.19. The molecule has 6 nitrogen and oxygen atoms in total. The molecule has 1 saturated heterocycles. The third-order valence-corrected chi connectivity index (χ3v) is 5.78. The molecule has 2 aliphatic rings. The average molecular weight is 376 g/mol. The van der Waals surface area contributed by atoms with E-state index in [9.17, 15) is 0 Å². The number of rotatable bonds is 4. The highest BCUT2D eigenvalue weighted by Gasteiger charge is 2.43. The Morgan fingerprint density at radius 1 is 1.18 bits per heavy atom. The third-order valence-electron chi connectivity index (χ3n) is 5.78. The van der Waals surface area contributed by atoms with Crippen molar-refractivity contribution in [2.24, 2.45) is 0 Å². The molecule has 0 amide bonds. The maximum absolute atomic E-state index is 6.35. The van der Waals surface area contributed by atoms with Gasteiger partial charge in [0, 0.05) is 37.6 Å². The molecule has 0 aliphatic carbocycles. The van der Waals surface area contributed by atoms with Crippen LogP contribution in [-0.2, 0) is 24.4 Å². The first kappa shape index (κ1) is 17.4. The van der Waals surface area contributed by atoms with Gasteiger partial charge in [-0.15, -0.1) is 0 Å². The van der Waals surface area contributed by atoms with Crippen LogP contribution < -0.4 is 4.74 Å². The summed E-state index contributed by atoms with van der Waals surface area (Å²) in [4.78, 5) is 11.3. The van der Waals surface area contributed by atoms with Crippen LogP contribution in [0.3, 0.4) is 0 Å². The Morgan fingerprint density at radius 2 is 2.14 bits per heavy atom. The number of pyridine rings is 1. The highest BCUT2D eigenvalue weighted by Crippen LogP contribution is 2.36. The van der Waals surface area contributed by atoms with Gasteiger partial charge in [-0.1, -0.05) is 18.2 Å². The van der Waals surface area contributed by atoms with Crippen LogP contribution >= 0.6 is 0 Å². The number of hydrogen-bond acceptors (Lipinski definition) is 5. The van der Waals surface area contributed by atoms with Crippen molar-refractivity contribution < 1.29 is 9.47 Å². The summed E-state index contributed by atoms with van der Waals surface area (Å²) in [5.41, 5.74) is 3.35. The number of ether oxygens (including phenoxy) is 2. The van der Waals surface area contributed by atoms with Gasteiger partial charge in [0.25, 0.3) is 0 Å². The zero-order chi connectivity index (χ0) is 19.0. The predicted molar refractivity (Wildman–Crippen MR) is 106 cm³/mol. The molecule has 0 N–H and O–H groups in total. The Labute approximate surface area is 164 Å². The van der Waals surface area contributed by atoms with Gasteiger partial charge in [-0.3, -0.25) is 9.88 Å². The van der Waals surface area contributed by atoms with Gasteiger partial charge in [0.1, 0.15) is 23.8 Å². The fraction of sp³-hybridized carbons (Fsp3) is 0.364.